The monoisotopic (exact) mass is 745 g/mol. The van der Waals surface area contributed by atoms with Crippen molar-refractivity contribution in [1.29, 1.82) is 0 Å². The molecule has 4 atom stereocenters. The number of aliphatic hydroxyl groups excluding tert-OH is 1. The normalized spacial score (nSPS) is 18.6. The highest BCUT2D eigenvalue weighted by Crippen LogP contribution is 2.41. The number of fused-ring (bicyclic) bond motifs is 1. The SMILES string of the molecule is CNS.CO.Cc1nc2cc(-c3ccc([C@@H]4C[C@H](NCC(F)(F)F)C[C@H](C)C4C=O)cc3)ccc2n1C.O=CNc1ccc(C(F)(F)F)cc1F. The predicted octanol–water partition coefficient (Wildman–Crippen LogP) is 7.47. The van der Waals surface area contributed by atoms with E-state index in [0.717, 1.165) is 53.0 Å². The van der Waals surface area contributed by atoms with E-state index in [-0.39, 0.29) is 35.9 Å². The molecule has 0 spiro atoms. The lowest BCUT2D eigenvalue weighted by molar-refractivity contribution is -0.137. The van der Waals surface area contributed by atoms with Crippen LogP contribution in [-0.2, 0) is 22.8 Å². The molecule has 0 bridgehead atoms. The molecular weight excluding hydrogens is 703 g/mol. The fourth-order valence-corrected chi connectivity index (χ4v) is 5.87. The smallest absolute Gasteiger partial charge is 0.400 e. The number of imidazole rings is 1. The van der Waals surface area contributed by atoms with Crippen molar-refractivity contribution in [2.75, 3.05) is 26.0 Å². The number of hydrogen-bond donors (Lipinski definition) is 5. The van der Waals surface area contributed by atoms with Crippen molar-refractivity contribution in [3.8, 4) is 11.1 Å². The molecule has 1 heterocycles. The van der Waals surface area contributed by atoms with Crippen LogP contribution in [0.4, 0.5) is 36.4 Å². The first-order chi connectivity index (χ1) is 24.0. The number of carbonyl (C=O) groups excluding carboxylic acids is 2. The number of nitrogens with zero attached hydrogens (tertiary/aromatic N) is 2. The van der Waals surface area contributed by atoms with Gasteiger partial charge in [-0.15, -0.1) is 0 Å². The number of rotatable bonds is 7. The Hall–Kier alpha value is -3.99. The number of nitrogens with one attached hydrogen (secondary N) is 3. The largest absolute Gasteiger partial charge is 0.416 e. The van der Waals surface area contributed by atoms with Crippen molar-refractivity contribution in [1.82, 2.24) is 19.6 Å². The Morgan fingerprint density at radius 1 is 0.961 bits per heavy atom. The minimum atomic E-state index is -4.58. The fraction of sp³-hybridized carbons (Fsp3) is 0.400. The van der Waals surface area contributed by atoms with Crippen LogP contribution < -0.4 is 15.4 Å². The van der Waals surface area contributed by atoms with Gasteiger partial charge in [0.1, 0.15) is 17.9 Å². The summed E-state index contributed by atoms with van der Waals surface area (Å²) in [6, 6.07) is 15.8. The van der Waals surface area contributed by atoms with Gasteiger partial charge >= 0.3 is 12.4 Å². The number of aromatic nitrogens is 2. The molecule has 1 aromatic heterocycles. The Kier molecular flexibility index (Phi) is 16.6. The van der Waals surface area contributed by atoms with Gasteiger partial charge in [-0.3, -0.25) is 9.52 Å². The molecule has 0 saturated heterocycles. The third-order valence-corrected chi connectivity index (χ3v) is 8.35. The molecule has 1 amide bonds. The molecule has 1 saturated carbocycles. The second-order valence-electron chi connectivity index (χ2n) is 11.7. The van der Waals surface area contributed by atoms with E-state index in [0.29, 0.717) is 25.0 Å². The number of halogens is 7. The van der Waals surface area contributed by atoms with Crippen molar-refractivity contribution in [3.05, 3.63) is 83.4 Å². The van der Waals surface area contributed by atoms with Gasteiger partial charge in [-0.2, -0.15) is 26.3 Å². The first-order valence-electron chi connectivity index (χ1n) is 15.6. The van der Waals surface area contributed by atoms with Crippen molar-refractivity contribution < 1.29 is 45.4 Å². The summed E-state index contributed by atoms with van der Waals surface area (Å²) in [6.45, 7) is 2.92. The summed E-state index contributed by atoms with van der Waals surface area (Å²) in [4.78, 5) is 26.3. The predicted molar refractivity (Wildman–Crippen MR) is 187 cm³/mol. The molecule has 1 unspecified atom stereocenters. The molecule has 1 fully saturated rings. The van der Waals surface area contributed by atoms with Gasteiger partial charge in [-0.25, -0.2) is 9.37 Å². The number of carbonyl (C=O) groups is 2. The summed E-state index contributed by atoms with van der Waals surface area (Å²) in [5.74, 6) is -0.444. The molecule has 4 aromatic rings. The zero-order chi connectivity index (χ0) is 38.5. The van der Waals surface area contributed by atoms with E-state index in [1.807, 2.05) is 50.5 Å². The third-order valence-electron chi connectivity index (χ3n) is 8.35. The molecule has 51 heavy (non-hydrogen) atoms. The average Bonchev–Trinajstić information content (AvgIpc) is 3.37. The number of thiol groups is 1. The summed E-state index contributed by atoms with van der Waals surface area (Å²) in [6.07, 6.45) is -6.58. The maximum atomic E-state index is 12.8. The van der Waals surface area contributed by atoms with Gasteiger partial charge in [0, 0.05) is 26.1 Å². The van der Waals surface area contributed by atoms with Crippen LogP contribution in [0.5, 0.6) is 0 Å². The molecule has 4 N–H and O–H groups in total. The van der Waals surface area contributed by atoms with Crippen LogP contribution in [0, 0.1) is 24.6 Å². The Bertz CT molecular complexity index is 1700. The first-order valence-corrected chi connectivity index (χ1v) is 16.1. The average molecular weight is 746 g/mol. The fourth-order valence-electron chi connectivity index (χ4n) is 5.87. The van der Waals surface area contributed by atoms with Crippen LogP contribution in [0.25, 0.3) is 22.2 Å². The van der Waals surface area contributed by atoms with Gasteiger partial charge in [0.15, 0.2) is 0 Å². The van der Waals surface area contributed by atoms with E-state index in [2.05, 4.69) is 50.6 Å². The standard InChI is InChI=1S/C25H28F3N3O.C8H5F4NO.CH5NS.CH4O/c1-15-10-20(29-14-25(26,27)28)12-21(22(15)13-32)18-6-4-17(5-7-18)19-8-9-24-23(11-19)30-16(2)31(24)3;9-6-3-5(8(10,11)12)1-2-7(6)13-4-14;1-2-3;1-2/h4-9,11,13,15,20-22,29H,10,12,14H2,1-3H3;1-4H,(H,13,14);2-3H,1H3;2H,1H3/t15-,20+,21-,22?;;;/m0.../s1. The Labute approximate surface area is 297 Å². The van der Waals surface area contributed by atoms with E-state index in [9.17, 15) is 40.3 Å². The van der Waals surface area contributed by atoms with Gasteiger partial charge in [0.25, 0.3) is 0 Å². The number of aldehydes is 1. The molecule has 8 nitrogen and oxygen atoms in total. The number of hydrogen-bond acceptors (Lipinski definition) is 7. The van der Waals surface area contributed by atoms with E-state index >= 15 is 0 Å². The van der Waals surface area contributed by atoms with Gasteiger partial charge in [-0.05, 0) is 85.7 Å². The molecule has 1 aliphatic rings. The van der Waals surface area contributed by atoms with Gasteiger partial charge in [0.2, 0.25) is 6.41 Å². The molecule has 0 aliphatic heterocycles. The maximum absolute atomic E-state index is 12.8. The lowest BCUT2D eigenvalue weighted by atomic mass is 9.68. The highest BCUT2D eigenvalue weighted by molar-refractivity contribution is 7.78. The highest BCUT2D eigenvalue weighted by atomic mass is 32.1. The lowest BCUT2D eigenvalue weighted by Gasteiger charge is -2.39. The van der Waals surface area contributed by atoms with Crippen LogP contribution in [0.2, 0.25) is 0 Å². The number of anilines is 1. The van der Waals surface area contributed by atoms with Crippen molar-refractivity contribution in [2.45, 2.75) is 51.0 Å². The van der Waals surface area contributed by atoms with Crippen LogP contribution in [0.15, 0.2) is 60.7 Å². The quantitative estimate of drug-likeness (QED) is 0.0764. The summed E-state index contributed by atoms with van der Waals surface area (Å²) in [5.41, 5.74) is 3.72. The highest BCUT2D eigenvalue weighted by Gasteiger charge is 2.38. The number of alkyl halides is 6. The molecule has 1 aliphatic carbocycles. The Morgan fingerprint density at radius 3 is 2.10 bits per heavy atom. The zero-order valence-electron chi connectivity index (χ0n) is 28.6. The Morgan fingerprint density at radius 2 is 1.57 bits per heavy atom. The molecule has 0 radical (unpaired) electrons. The van der Waals surface area contributed by atoms with E-state index in [1.165, 1.54) is 0 Å². The zero-order valence-corrected chi connectivity index (χ0v) is 29.5. The number of aryl methyl sites for hydroxylation is 2. The number of amides is 1. The van der Waals surface area contributed by atoms with Crippen LogP contribution in [0.3, 0.4) is 0 Å². The van der Waals surface area contributed by atoms with E-state index in [4.69, 9.17) is 5.11 Å². The molecule has 5 rings (SSSR count). The number of aliphatic hydroxyl groups is 1. The van der Waals surface area contributed by atoms with E-state index in [1.54, 1.807) is 7.05 Å². The molecule has 3 aromatic carbocycles. The summed E-state index contributed by atoms with van der Waals surface area (Å²) in [7, 11) is 4.73. The summed E-state index contributed by atoms with van der Waals surface area (Å²) >= 11 is 3.54. The van der Waals surface area contributed by atoms with Gasteiger partial charge < -0.3 is 25.1 Å². The van der Waals surface area contributed by atoms with Crippen molar-refractivity contribution in [3.63, 3.8) is 0 Å². The minimum absolute atomic E-state index is 0.0199. The van der Waals surface area contributed by atoms with Crippen molar-refractivity contribution >= 4 is 42.2 Å². The second-order valence-corrected chi connectivity index (χ2v) is 12.1. The molecule has 280 valence electrons. The minimum Gasteiger partial charge on any atom is -0.400 e. The molecular formula is C35H42F7N5O3S. The summed E-state index contributed by atoms with van der Waals surface area (Å²) in [5, 5.41) is 11.6. The lowest BCUT2D eigenvalue weighted by Crippen LogP contribution is -2.44. The van der Waals surface area contributed by atoms with Gasteiger partial charge in [-0.1, -0.05) is 50.1 Å². The van der Waals surface area contributed by atoms with Crippen LogP contribution >= 0.6 is 12.8 Å². The van der Waals surface area contributed by atoms with Gasteiger partial charge in [0.05, 0.1) is 28.8 Å². The van der Waals surface area contributed by atoms with Crippen LogP contribution in [0.1, 0.15) is 42.6 Å². The Balaban J connectivity index is 0.000000396. The molecule has 16 heteroatoms. The van der Waals surface area contributed by atoms with Crippen LogP contribution in [-0.4, -0.2) is 60.3 Å². The topological polar surface area (TPSA) is 108 Å². The second kappa shape index (κ2) is 19.6. The maximum Gasteiger partial charge on any atom is 0.416 e. The number of benzene rings is 3. The third kappa shape index (κ3) is 12.3. The summed E-state index contributed by atoms with van der Waals surface area (Å²) < 4.78 is 91.4. The first kappa shape index (κ1) is 43.2. The van der Waals surface area contributed by atoms with Crippen molar-refractivity contribution in [2.24, 2.45) is 18.9 Å². The van der Waals surface area contributed by atoms with E-state index < -0.39 is 30.3 Å².